The number of carbonyl (C=O) groups is 4. The van der Waals surface area contributed by atoms with Crippen LogP contribution in [0.3, 0.4) is 0 Å². The van der Waals surface area contributed by atoms with Crippen molar-refractivity contribution in [2.75, 3.05) is 85.8 Å². The van der Waals surface area contributed by atoms with Gasteiger partial charge in [-0.2, -0.15) is 0 Å². The first-order valence-electron chi connectivity index (χ1n) is 15.7. The number of hydrogen-bond donors (Lipinski definition) is 2. The van der Waals surface area contributed by atoms with Crippen LogP contribution in [-0.2, 0) is 23.9 Å². The fourth-order valence-electron chi connectivity index (χ4n) is 6.75. The lowest BCUT2D eigenvalue weighted by Crippen LogP contribution is -2.65. The average Bonchev–Trinajstić information content (AvgIpc) is 3.02. The van der Waals surface area contributed by atoms with Gasteiger partial charge in [0, 0.05) is 50.9 Å². The van der Waals surface area contributed by atoms with Crippen LogP contribution < -0.4 is 10.6 Å². The van der Waals surface area contributed by atoms with Crippen molar-refractivity contribution in [3.8, 4) is 0 Å². The Balaban J connectivity index is 1.32. The van der Waals surface area contributed by atoms with Crippen LogP contribution in [0.2, 0.25) is 0 Å². The Kier molecular flexibility index (Phi) is 10.8. The first-order valence-corrected chi connectivity index (χ1v) is 15.7. The number of benzene rings is 1. The number of halogens is 1. The molecule has 0 unspecified atom stereocenters. The van der Waals surface area contributed by atoms with Crippen LogP contribution in [0.1, 0.15) is 42.5 Å². The van der Waals surface area contributed by atoms with Crippen LogP contribution in [0.15, 0.2) is 24.3 Å². The van der Waals surface area contributed by atoms with E-state index in [0.717, 1.165) is 25.9 Å². The molecule has 1 spiro atoms. The zero-order valence-electron chi connectivity index (χ0n) is 25.6. The Labute approximate surface area is 258 Å². The summed E-state index contributed by atoms with van der Waals surface area (Å²) in [4.78, 5) is 61.7. The van der Waals surface area contributed by atoms with Crippen LogP contribution in [-0.4, -0.2) is 147 Å². The van der Waals surface area contributed by atoms with Crippen LogP contribution >= 0.6 is 0 Å². The van der Waals surface area contributed by atoms with E-state index in [4.69, 9.17) is 9.47 Å². The fraction of sp³-hybridized carbons (Fsp3) is 0.677. The molecule has 12 nitrogen and oxygen atoms in total. The van der Waals surface area contributed by atoms with Gasteiger partial charge in [0.15, 0.2) is 0 Å². The Morgan fingerprint density at radius 2 is 1.64 bits per heavy atom. The Bertz CT molecular complexity index is 1170. The maximum Gasteiger partial charge on any atom is 0.253 e. The van der Waals surface area contributed by atoms with Gasteiger partial charge >= 0.3 is 0 Å². The first-order chi connectivity index (χ1) is 21.2. The van der Waals surface area contributed by atoms with Crippen molar-refractivity contribution in [2.45, 2.75) is 49.7 Å². The molecule has 4 aliphatic rings. The molecule has 4 amide bonds. The van der Waals surface area contributed by atoms with Crippen molar-refractivity contribution in [2.24, 2.45) is 0 Å². The van der Waals surface area contributed by atoms with Crippen molar-refractivity contribution in [1.82, 2.24) is 30.2 Å². The third-order valence-corrected chi connectivity index (χ3v) is 9.38. The molecule has 2 N–H and O–H groups in total. The summed E-state index contributed by atoms with van der Waals surface area (Å²) in [6.07, 6.45) is 2.77. The van der Waals surface area contributed by atoms with Gasteiger partial charge in [-0.25, -0.2) is 4.39 Å². The maximum atomic E-state index is 14.1. The minimum atomic E-state index is -0.906. The van der Waals surface area contributed by atoms with E-state index >= 15 is 0 Å². The molecular weight excluding hydrogens is 571 g/mol. The number of nitrogens with one attached hydrogen (secondary N) is 2. The smallest absolute Gasteiger partial charge is 0.253 e. The highest BCUT2D eigenvalue weighted by molar-refractivity contribution is 5.94. The highest BCUT2D eigenvalue weighted by Crippen LogP contribution is 2.30. The number of carbonyl (C=O) groups excluding carboxylic acids is 4. The number of likely N-dealkylation sites (tertiary alicyclic amines) is 2. The summed E-state index contributed by atoms with van der Waals surface area (Å²) in [6.45, 7) is 5.13. The molecule has 1 atom stereocenters. The first kappa shape index (κ1) is 32.3. The molecule has 242 valence electrons. The van der Waals surface area contributed by atoms with E-state index in [2.05, 4.69) is 27.5 Å². The van der Waals surface area contributed by atoms with Crippen LogP contribution in [0.5, 0.6) is 0 Å². The summed E-state index contributed by atoms with van der Waals surface area (Å²) in [5.74, 6) is -1.39. The van der Waals surface area contributed by atoms with E-state index < -0.39 is 17.4 Å². The molecule has 1 aromatic carbocycles. The second kappa shape index (κ2) is 14.8. The number of ether oxygens (including phenoxy) is 2. The normalized spacial score (nSPS) is 25.8. The lowest BCUT2D eigenvalue weighted by atomic mass is 9.83. The minimum absolute atomic E-state index is 0.0123. The van der Waals surface area contributed by atoms with Gasteiger partial charge in [-0.1, -0.05) is 0 Å². The van der Waals surface area contributed by atoms with E-state index in [1.54, 1.807) is 9.80 Å². The molecule has 5 rings (SSSR count). The van der Waals surface area contributed by atoms with E-state index in [1.165, 1.54) is 24.3 Å². The number of amides is 4. The predicted molar refractivity (Wildman–Crippen MR) is 159 cm³/mol. The number of nitrogens with zero attached hydrogens (tertiary/aromatic N) is 4. The number of piperidine rings is 2. The van der Waals surface area contributed by atoms with Crippen molar-refractivity contribution >= 4 is 23.6 Å². The van der Waals surface area contributed by atoms with Crippen molar-refractivity contribution in [3.05, 3.63) is 35.6 Å². The van der Waals surface area contributed by atoms with Crippen LogP contribution in [0.25, 0.3) is 0 Å². The van der Waals surface area contributed by atoms with Gasteiger partial charge in [-0.05, 0) is 70.1 Å². The number of rotatable bonds is 2. The molecule has 13 heteroatoms. The summed E-state index contributed by atoms with van der Waals surface area (Å²) in [6, 6.07) is 5.13. The summed E-state index contributed by atoms with van der Waals surface area (Å²) < 4.78 is 24.5. The third kappa shape index (κ3) is 8.12. The van der Waals surface area contributed by atoms with E-state index in [0.29, 0.717) is 70.3 Å². The molecule has 4 aliphatic heterocycles. The molecular formula is C31H45FN6O6. The Morgan fingerprint density at radius 3 is 2.36 bits per heavy atom. The zero-order chi connectivity index (χ0) is 31.1. The van der Waals surface area contributed by atoms with Gasteiger partial charge in [0.2, 0.25) is 17.7 Å². The molecule has 0 radical (unpaired) electrons. The van der Waals surface area contributed by atoms with Gasteiger partial charge in [0.05, 0.1) is 31.8 Å². The summed E-state index contributed by atoms with van der Waals surface area (Å²) in [7, 11) is 2.12. The lowest BCUT2D eigenvalue weighted by molar-refractivity contribution is -0.147. The second-order valence-electron chi connectivity index (χ2n) is 12.4. The van der Waals surface area contributed by atoms with Crippen molar-refractivity contribution in [1.29, 1.82) is 0 Å². The molecule has 0 aliphatic carbocycles. The second-order valence-corrected chi connectivity index (χ2v) is 12.4. The van der Waals surface area contributed by atoms with Gasteiger partial charge in [-0.15, -0.1) is 0 Å². The topological polar surface area (TPSA) is 124 Å². The highest BCUT2D eigenvalue weighted by atomic mass is 19.1. The highest BCUT2D eigenvalue weighted by Gasteiger charge is 2.44. The predicted octanol–water partition coefficient (Wildman–Crippen LogP) is 0.0768. The monoisotopic (exact) mass is 616 g/mol. The molecule has 0 bridgehead atoms. The number of fused-ring (bicyclic) bond motifs is 1. The molecule has 0 saturated carbocycles. The summed E-state index contributed by atoms with van der Waals surface area (Å²) in [5, 5.41) is 6.03. The molecule has 44 heavy (non-hydrogen) atoms. The van der Waals surface area contributed by atoms with Gasteiger partial charge in [0.25, 0.3) is 5.91 Å². The average molecular weight is 617 g/mol. The molecule has 1 aromatic rings. The van der Waals surface area contributed by atoms with Crippen molar-refractivity contribution in [3.63, 3.8) is 0 Å². The van der Waals surface area contributed by atoms with Gasteiger partial charge in [0.1, 0.15) is 18.5 Å². The van der Waals surface area contributed by atoms with Crippen LogP contribution in [0.4, 0.5) is 4.39 Å². The standard InChI is InChI=1S/C31H45FN6O6/c1-35-11-6-25(7-12-35)37-15-16-38-26(21-37)29(41)33-10-17-43-18-19-44-22-27(39)34-31(20-28(38)40)8-13-36(14-9-31)30(42)23-2-4-24(32)5-3-23/h2-5,25-26H,6-22H2,1H3,(H,33,41)(H,34,39)/t26-/m0/s1. The van der Waals surface area contributed by atoms with Crippen molar-refractivity contribution < 1.29 is 33.0 Å². The summed E-state index contributed by atoms with van der Waals surface area (Å²) >= 11 is 0. The number of piperazine rings is 1. The summed E-state index contributed by atoms with van der Waals surface area (Å²) in [5.41, 5.74) is -0.524. The molecule has 4 heterocycles. The maximum absolute atomic E-state index is 14.1. The van der Waals surface area contributed by atoms with E-state index in [1.807, 2.05) is 0 Å². The Hall–Kier alpha value is -3.13. The largest absolute Gasteiger partial charge is 0.377 e. The molecule has 4 saturated heterocycles. The zero-order valence-corrected chi connectivity index (χ0v) is 25.6. The minimum Gasteiger partial charge on any atom is -0.377 e. The molecule has 4 fully saturated rings. The SMILES string of the molecule is CN1CCC(N2CCN3C(=O)CC4(CCN(C(=O)c5ccc(F)cc5)CC4)NC(=O)COCCOCCNC(=O)[C@@H]3C2)CC1. The quantitative estimate of drug-likeness (QED) is 0.479. The number of hydrogen-bond acceptors (Lipinski definition) is 8. The van der Waals surface area contributed by atoms with Gasteiger partial charge < -0.3 is 34.8 Å². The molecule has 0 aromatic heterocycles. The van der Waals surface area contributed by atoms with Gasteiger partial charge in [-0.3, -0.25) is 24.1 Å². The van der Waals surface area contributed by atoms with Crippen LogP contribution in [0, 0.1) is 5.82 Å². The lowest BCUT2D eigenvalue weighted by Gasteiger charge is -2.47. The Morgan fingerprint density at radius 1 is 0.932 bits per heavy atom. The fourth-order valence-corrected chi connectivity index (χ4v) is 6.75. The van der Waals surface area contributed by atoms with E-state index in [9.17, 15) is 23.6 Å². The third-order valence-electron chi connectivity index (χ3n) is 9.38. The van der Waals surface area contributed by atoms with E-state index in [-0.39, 0.29) is 49.9 Å².